The highest BCUT2D eigenvalue weighted by molar-refractivity contribution is 5.52. The van der Waals surface area contributed by atoms with Gasteiger partial charge in [-0.05, 0) is 72.2 Å². The molecular weight excluding hydrogens is 390 g/mol. The van der Waals surface area contributed by atoms with Gasteiger partial charge in [-0.25, -0.2) is 0 Å². The molecule has 0 aromatic heterocycles. The molecule has 5 heteroatoms. The number of aromatic hydroxyl groups is 1. The summed E-state index contributed by atoms with van der Waals surface area (Å²) in [5.74, 6) is 2.52. The van der Waals surface area contributed by atoms with Gasteiger partial charge in [0.25, 0.3) is 0 Å². The van der Waals surface area contributed by atoms with Crippen LogP contribution in [-0.2, 0) is 19.4 Å². The summed E-state index contributed by atoms with van der Waals surface area (Å²) in [5, 5.41) is 10.5. The molecule has 2 aliphatic rings. The van der Waals surface area contributed by atoms with Crippen LogP contribution in [0.5, 0.6) is 23.0 Å². The molecule has 0 bridgehead atoms. The minimum atomic E-state index is 0.248. The first kappa shape index (κ1) is 21.8. The summed E-state index contributed by atoms with van der Waals surface area (Å²) in [4.78, 5) is 2.54. The highest BCUT2D eigenvalue weighted by Crippen LogP contribution is 2.44. The fourth-order valence-electron chi connectivity index (χ4n) is 4.65. The lowest BCUT2D eigenvalue weighted by Gasteiger charge is -2.41. The SMILES string of the molecule is CCCCOc1cc2c(cc1O)C[C@H]1c3cc(OCCCC)c(OC)cc3CCN1C2. The van der Waals surface area contributed by atoms with Crippen LogP contribution in [0.3, 0.4) is 0 Å². The molecule has 0 saturated carbocycles. The van der Waals surface area contributed by atoms with Gasteiger partial charge in [0.05, 0.1) is 20.3 Å². The van der Waals surface area contributed by atoms with Crippen molar-refractivity contribution in [2.24, 2.45) is 0 Å². The minimum absolute atomic E-state index is 0.248. The smallest absolute Gasteiger partial charge is 0.161 e. The van der Waals surface area contributed by atoms with Crippen LogP contribution in [0.2, 0.25) is 0 Å². The Morgan fingerprint density at radius 3 is 2.32 bits per heavy atom. The normalized spacial score (nSPS) is 17.5. The number of hydrogen-bond acceptors (Lipinski definition) is 5. The van der Waals surface area contributed by atoms with E-state index in [0.717, 1.165) is 63.1 Å². The maximum atomic E-state index is 10.5. The number of rotatable bonds is 9. The van der Waals surface area contributed by atoms with Gasteiger partial charge >= 0.3 is 0 Å². The maximum Gasteiger partial charge on any atom is 0.161 e. The number of methoxy groups -OCH3 is 1. The Balaban J connectivity index is 1.60. The lowest BCUT2D eigenvalue weighted by molar-refractivity contribution is 0.159. The molecule has 1 atom stereocenters. The summed E-state index contributed by atoms with van der Waals surface area (Å²) in [5.41, 5.74) is 5.13. The second kappa shape index (κ2) is 9.82. The van der Waals surface area contributed by atoms with E-state index in [0.29, 0.717) is 25.0 Å². The minimum Gasteiger partial charge on any atom is -0.504 e. The Hall–Kier alpha value is -2.40. The zero-order valence-corrected chi connectivity index (χ0v) is 19.1. The summed E-state index contributed by atoms with van der Waals surface area (Å²) in [6.45, 7) is 7.55. The van der Waals surface area contributed by atoms with Crippen LogP contribution < -0.4 is 14.2 Å². The van der Waals surface area contributed by atoms with Crippen LogP contribution >= 0.6 is 0 Å². The van der Waals surface area contributed by atoms with Gasteiger partial charge < -0.3 is 19.3 Å². The first-order valence-corrected chi connectivity index (χ1v) is 11.7. The average molecular weight is 426 g/mol. The Kier molecular flexibility index (Phi) is 6.91. The molecule has 0 spiro atoms. The monoisotopic (exact) mass is 425 g/mol. The van der Waals surface area contributed by atoms with Crippen molar-refractivity contribution in [1.29, 1.82) is 0 Å². The van der Waals surface area contributed by atoms with Gasteiger partial charge in [0.2, 0.25) is 0 Å². The molecule has 0 aliphatic carbocycles. The number of phenolic OH excluding ortho intramolecular Hbond substituents is 1. The third kappa shape index (κ3) is 4.62. The van der Waals surface area contributed by atoms with E-state index in [1.165, 1.54) is 22.3 Å². The molecule has 0 radical (unpaired) electrons. The molecule has 2 aromatic carbocycles. The summed E-state index contributed by atoms with van der Waals surface area (Å²) in [6.07, 6.45) is 6.10. The molecule has 5 nitrogen and oxygen atoms in total. The highest BCUT2D eigenvalue weighted by Gasteiger charge is 2.33. The van der Waals surface area contributed by atoms with Crippen molar-refractivity contribution in [3.63, 3.8) is 0 Å². The number of hydrogen-bond donors (Lipinski definition) is 1. The Morgan fingerprint density at radius 1 is 0.903 bits per heavy atom. The summed E-state index contributed by atoms with van der Waals surface area (Å²) in [7, 11) is 1.71. The van der Waals surface area contributed by atoms with Crippen LogP contribution in [0.1, 0.15) is 67.8 Å². The van der Waals surface area contributed by atoms with Crippen LogP contribution in [0.25, 0.3) is 0 Å². The van der Waals surface area contributed by atoms with Gasteiger partial charge in [-0.15, -0.1) is 0 Å². The van der Waals surface area contributed by atoms with E-state index >= 15 is 0 Å². The molecular formula is C26H35NO4. The molecule has 31 heavy (non-hydrogen) atoms. The quantitative estimate of drug-likeness (QED) is 0.544. The highest BCUT2D eigenvalue weighted by atomic mass is 16.5. The molecule has 0 unspecified atom stereocenters. The van der Waals surface area contributed by atoms with Gasteiger partial charge in [-0.2, -0.15) is 0 Å². The second-order valence-electron chi connectivity index (χ2n) is 8.63. The molecule has 2 aromatic rings. The van der Waals surface area contributed by atoms with Crippen molar-refractivity contribution in [2.75, 3.05) is 26.9 Å². The zero-order valence-electron chi connectivity index (χ0n) is 19.1. The predicted molar refractivity (Wildman–Crippen MR) is 122 cm³/mol. The van der Waals surface area contributed by atoms with Crippen molar-refractivity contribution in [1.82, 2.24) is 4.90 Å². The van der Waals surface area contributed by atoms with Crippen molar-refractivity contribution in [3.8, 4) is 23.0 Å². The van der Waals surface area contributed by atoms with Gasteiger partial charge in [0.15, 0.2) is 23.0 Å². The lowest BCUT2D eigenvalue weighted by atomic mass is 9.83. The van der Waals surface area contributed by atoms with Crippen molar-refractivity contribution in [2.45, 2.75) is 65.0 Å². The van der Waals surface area contributed by atoms with E-state index < -0.39 is 0 Å². The van der Waals surface area contributed by atoms with Gasteiger partial charge in [-0.1, -0.05) is 26.7 Å². The van der Waals surface area contributed by atoms with E-state index in [1.807, 2.05) is 12.1 Å². The number of nitrogens with zero attached hydrogens (tertiary/aromatic N) is 1. The number of benzene rings is 2. The summed E-state index contributed by atoms with van der Waals surface area (Å²) in [6, 6.07) is 8.59. The predicted octanol–water partition coefficient (Wildman–Crippen LogP) is 5.41. The topological polar surface area (TPSA) is 51.2 Å². The molecule has 0 fully saturated rings. The van der Waals surface area contributed by atoms with E-state index in [4.69, 9.17) is 14.2 Å². The number of unbranched alkanes of at least 4 members (excludes halogenated alkanes) is 2. The average Bonchev–Trinajstić information content (AvgIpc) is 2.78. The van der Waals surface area contributed by atoms with Crippen LogP contribution in [0.15, 0.2) is 24.3 Å². The van der Waals surface area contributed by atoms with Gasteiger partial charge in [-0.3, -0.25) is 4.90 Å². The van der Waals surface area contributed by atoms with E-state index in [2.05, 4.69) is 30.9 Å². The third-order valence-corrected chi connectivity index (χ3v) is 6.47. The molecule has 0 amide bonds. The van der Waals surface area contributed by atoms with Gasteiger partial charge in [0, 0.05) is 19.1 Å². The van der Waals surface area contributed by atoms with Crippen LogP contribution in [0, 0.1) is 0 Å². The number of ether oxygens (including phenoxy) is 3. The summed E-state index contributed by atoms with van der Waals surface area (Å²) < 4.78 is 17.5. The van der Waals surface area contributed by atoms with Crippen LogP contribution in [0.4, 0.5) is 0 Å². The van der Waals surface area contributed by atoms with Crippen molar-refractivity contribution >= 4 is 0 Å². The zero-order chi connectivity index (χ0) is 21.8. The maximum absolute atomic E-state index is 10.5. The molecule has 0 saturated heterocycles. The van der Waals surface area contributed by atoms with Crippen LogP contribution in [-0.4, -0.2) is 36.9 Å². The molecule has 2 aliphatic heterocycles. The number of fused-ring (bicyclic) bond motifs is 4. The second-order valence-corrected chi connectivity index (χ2v) is 8.63. The fourth-order valence-corrected chi connectivity index (χ4v) is 4.65. The first-order chi connectivity index (χ1) is 15.1. The molecule has 168 valence electrons. The van der Waals surface area contributed by atoms with E-state index in [-0.39, 0.29) is 5.75 Å². The largest absolute Gasteiger partial charge is 0.504 e. The first-order valence-electron chi connectivity index (χ1n) is 11.7. The van der Waals surface area contributed by atoms with E-state index in [1.54, 1.807) is 7.11 Å². The number of phenols is 1. The fraction of sp³-hybridized carbons (Fsp3) is 0.538. The molecule has 1 N–H and O–H groups in total. The Morgan fingerprint density at radius 2 is 1.61 bits per heavy atom. The lowest BCUT2D eigenvalue weighted by Crippen LogP contribution is -2.39. The van der Waals surface area contributed by atoms with Crippen molar-refractivity contribution in [3.05, 3.63) is 46.5 Å². The molecule has 4 rings (SSSR count). The van der Waals surface area contributed by atoms with Crippen molar-refractivity contribution < 1.29 is 19.3 Å². The van der Waals surface area contributed by atoms with Gasteiger partial charge in [0.1, 0.15) is 0 Å². The Bertz CT molecular complexity index is 911. The standard InChI is InChI=1S/C26H35NO4/c1-4-6-10-30-24-15-20-17-27-9-8-18-14-25(29-3)26(31-11-7-5-2)16-21(18)22(27)12-19(20)13-23(24)28/h13-16,22,28H,4-12,17H2,1-3H3/t22-/m0/s1. The Labute approximate surface area is 185 Å². The molecule has 2 heterocycles. The third-order valence-electron chi connectivity index (χ3n) is 6.47. The summed E-state index contributed by atoms with van der Waals surface area (Å²) >= 11 is 0. The van der Waals surface area contributed by atoms with E-state index in [9.17, 15) is 5.11 Å².